The molecule has 0 spiro atoms. The minimum Gasteiger partial charge on any atom is -0.272 e. The maximum atomic E-state index is 12.8. The maximum absolute atomic E-state index is 12.8. The number of carbonyl (C=O) groups is 1. The van der Waals surface area contributed by atoms with Gasteiger partial charge in [0.1, 0.15) is 12.4 Å². The predicted octanol–water partition coefficient (Wildman–Crippen LogP) is 1.80. The summed E-state index contributed by atoms with van der Waals surface area (Å²) in [5.74, 6) is -1.34. The van der Waals surface area contributed by atoms with E-state index in [9.17, 15) is 17.6 Å². The number of aromatic nitrogens is 2. The predicted molar refractivity (Wildman–Crippen MR) is 78.4 cm³/mol. The quantitative estimate of drug-likeness (QED) is 0.916. The Labute approximate surface area is 131 Å². The van der Waals surface area contributed by atoms with Gasteiger partial charge in [-0.15, -0.1) is 0 Å². The third-order valence-corrected chi connectivity index (χ3v) is 4.89. The monoisotopic (exact) mass is 345 g/mol. The van der Waals surface area contributed by atoms with Crippen LogP contribution in [0.15, 0.2) is 29.2 Å². The van der Waals surface area contributed by atoms with Crippen LogP contribution in [0.4, 0.5) is 4.39 Å². The fraction of sp³-hybridized carbons (Fsp3) is 0.231. The molecule has 0 saturated heterocycles. The van der Waals surface area contributed by atoms with Crippen LogP contribution in [0, 0.1) is 19.7 Å². The third kappa shape index (κ3) is 3.45. The van der Waals surface area contributed by atoms with E-state index >= 15 is 0 Å². The SMILES string of the molecule is Cc1nn(CC(=O)NS(=O)(=O)c2ccc(F)cc2)c(C)c1Cl. The van der Waals surface area contributed by atoms with Crippen LogP contribution in [0.2, 0.25) is 5.02 Å². The lowest BCUT2D eigenvalue weighted by molar-refractivity contribution is -0.120. The first kappa shape index (κ1) is 16.4. The molecule has 1 N–H and O–H groups in total. The highest BCUT2D eigenvalue weighted by atomic mass is 35.5. The normalized spacial score (nSPS) is 11.5. The number of hydrogen-bond donors (Lipinski definition) is 1. The van der Waals surface area contributed by atoms with Crippen molar-refractivity contribution in [3.63, 3.8) is 0 Å². The lowest BCUT2D eigenvalue weighted by Gasteiger charge is -2.08. The first-order valence-corrected chi connectivity index (χ1v) is 8.07. The van der Waals surface area contributed by atoms with Crippen molar-refractivity contribution < 1.29 is 17.6 Å². The van der Waals surface area contributed by atoms with Crippen LogP contribution in [0.1, 0.15) is 11.4 Å². The van der Waals surface area contributed by atoms with Crippen LogP contribution in [-0.4, -0.2) is 24.1 Å². The summed E-state index contributed by atoms with van der Waals surface area (Å²) in [6, 6.07) is 4.15. The van der Waals surface area contributed by atoms with Gasteiger partial charge in [0.05, 0.1) is 21.3 Å². The molecule has 0 aliphatic heterocycles. The number of halogens is 2. The van der Waals surface area contributed by atoms with Crippen molar-refractivity contribution in [2.45, 2.75) is 25.3 Å². The second-order valence-corrected chi connectivity index (χ2v) is 6.69. The van der Waals surface area contributed by atoms with Crippen molar-refractivity contribution in [3.8, 4) is 0 Å². The number of aryl methyl sites for hydroxylation is 1. The second-order valence-electron chi connectivity index (χ2n) is 4.63. The molecule has 0 unspecified atom stereocenters. The molecule has 0 aliphatic rings. The maximum Gasteiger partial charge on any atom is 0.264 e. The lowest BCUT2D eigenvalue weighted by atomic mass is 10.4. The van der Waals surface area contributed by atoms with Crippen molar-refractivity contribution in [1.29, 1.82) is 0 Å². The molecule has 1 aromatic carbocycles. The highest BCUT2D eigenvalue weighted by molar-refractivity contribution is 7.90. The molecule has 1 heterocycles. The number of carbonyl (C=O) groups excluding carboxylic acids is 1. The number of nitrogens with zero attached hydrogens (tertiary/aromatic N) is 2. The van der Waals surface area contributed by atoms with Crippen molar-refractivity contribution in [3.05, 3.63) is 46.5 Å². The summed E-state index contributed by atoms with van der Waals surface area (Å²) in [6.07, 6.45) is 0. The summed E-state index contributed by atoms with van der Waals surface area (Å²) in [5, 5.41) is 4.47. The number of rotatable bonds is 4. The minimum atomic E-state index is -4.05. The van der Waals surface area contributed by atoms with Gasteiger partial charge in [-0.3, -0.25) is 9.48 Å². The Morgan fingerprint density at radius 3 is 2.41 bits per heavy atom. The molecule has 0 atom stereocenters. The van der Waals surface area contributed by atoms with Crippen molar-refractivity contribution in [1.82, 2.24) is 14.5 Å². The molecule has 2 aromatic rings. The molecule has 0 aliphatic carbocycles. The molecular formula is C13H13ClFN3O3S. The molecule has 0 saturated carbocycles. The molecule has 1 aromatic heterocycles. The highest BCUT2D eigenvalue weighted by Gasteiger charge is 2.19. The topological polar surface area (TPSA) is 81.1 Å². The number of benzene rings is 1. The molecular weight excluding hydrogens is 333 g/mol. The molecule has 1 amide bonds. The van der Waals surface area contributed by atoms with E-state index in [1.54, 1.807) is 13.8 Å². The molecule has 0 fully saturated rings. The van der Waals surface area contributed by atoms with Gasteiger partial charge >= 0.3 is 0 Å². The van der Waals surface area contributed by atoms with Crippen molar-refractivity contribution in [2.75, 3.05) is 0 Å². The molecule has 9 heteroatoms. The van der Waals surface area contributed by atoms with Crippen molar-refractivity contribution >= 4 is 27.5 Å². The molecule has 0 bridgehead atoms. The minimum absolute atomic E-state index is 0.200. The zero-order valence-corrected chi connectivity index (χ0v) is 13.4. The van der Waals surface area contributed by atoms with Gasteiger partial charge in [0.2, 0.25) is 0 Å². The van der Waals surface area contributed by atoms with Crippen LogP contribution in [0.3, 0.4) is 0 Å². The summed E-state index contributed by atoms with van der Waals surface area (Å²) in [7, 11) is -4.05. The Kier molecular flexibility index (Phi) is 4.52. The lowest BCUT2D eigenvalue weighted by Crippen LogP contribution is -2.33. The largest absolute Gasteiger partial charge is 0.272 e. The van der Waals surface area contributed by atoms with Gasteiger partial charge in [0.25, 0.3) is 15.9 Å². The van der Waals surface area contributed by atoms with E-state index in [1.165, 1.54) is 4.68 Å². The number of hydrogen-bond acceptors (Lipinski definition) is 4. The fourth-order valence-corrected chi connectivity index (χ4v) is 2.93. The van der Waals surface area contributed by atoms with Gasteiger partial charge in [-0.05, 0) is 38.1 Å². The van der Waals surface area contributed by atoms with Crippen LogP contribution < -0.4 is 4.72 Å². The summed E-state index contributed by atoms with van der Waals surface area (Å²) < 4.78 is 40.0. The van der Waals surface area contributed by atoms with Crippen LogP contribution in [0.5, 0.6) is 0 Å². The van der Waals surface area contributed by atoms with E-state index < -0.39 is 21.7 Å². The first-order chi connectivity index (χ1) is 10.2. The van der Waals surface area contributed by atoms with Gasteiger partial charge < -0.3 is 0 Å². The standard InChI is InChI=1S/C13H13ClFN3O3S/c1-8-13(14)9(2)18(16-8)7-12(19)17-22(20,21)11-5-3-10(15)4-6-11/h3-6H,7H2,1-2H3,(H,17,19). The molecule has 22 heavy (non-hydrogen) atoms. The van der Waals surface area contributed by atoms with Crippen LogP contribution in [-0.2, 0) is 21.4 Å². The van der Waals surface area contributed by atoms with E-state index in [0.29, 0.717) is 16.4 Å². The van der Waals surface area contributed by atoms with E-state index in [2.05, 4.69) is 5.10 Å². The Balaban J connectivity index is 2.14. The first-order valence-electron chi connectivity index (χ1n) is 6.21. The summed E-state index contributed by atoms with van der Waals surface area (Å²) in [4.78, 5) is 11.7. The van der Waals surface area contributed by atoms with E-state index in [0.717, 1.165) is 24.3 Å². The molecule has 2 rings (SSSR count). The smallest absolute Gasteiger partial charge is 0.264 e. The van der Waals surface area contributed by atoms with Crippen molar-refractivity contribution in [2.24, 2.45) is 0 Å². The number of amides is 1. The van der Waals surface area contributed by atoms with Gasteiger partial charge in [-0.2, -0.15) is 5.10 Å². The van der Waals surface area contributed by atoms with Gasteiger partial charge in [0.15, 0.2) is 0 Å². The van der Waals surface area contributed by atoms with Gasteiger partial charge in [0, 0.05) is 0 Å². The van der Waals surface area contributed by atoms with Gasteiger partial charge in [-0.1, -0.05) is 11.6 Å². The Morgan fingerprint density at radius 2 is 1.91 bits per heavy atom. The van der Waals surface area contributed by atoms with E-state index in [1.807, 2.05) is 4.72 Å². The van der Waals surface area contributed by atoms with E-state index in [-0.39, 0.29) is 11.4 Å². The average Bonchev–Trinajstić information content (AvgIpc) is 2.66. The summed E-state index contributed by atoms with van der Waals surface area (Å²) in [5.41, 5.74) is 1.11. The Hall–Kier alpha value is -1.93. The molecule has 118 valence electrons. The van der Waals surface area contributed by atoms with Gasteiger partial charge in [-0.25, -0.2) is 17.5 Å². The average molecular weight is 346 g/mol. The Morgan fingerprint density at radius 1 is 1.32 bits per heavy atom. The highest BCUT2D eigenvalue weighted by Crippen LogP contribution is 2.18. The zero-order valence-electron chi connectivity index (χ0n) is 11.8. The zero-order chi connectivity index (χ0) is 16.5. The third-order valence-electron chi connectivity index (χ3n) is 2.96. The molecule has 0 radical (unpaired) electrons. The molecule has 6 nitrogen and oxygen atoms in total. The van der Waals surface area contributed by atoms with Crippen LogP contribution >= 0.6 is 11.6 Å². The summed E-state index contributed by atoms with van der Waals surface area (Å²) in [6.45, 7) is 3.06. The summed E-state index contributed by atoms with van der Waals surface area (Å²) >= 11 is 5.96. The number of sulfonamides is 1. The van der Waals surface area contributed by atoms with E-state index in [4.69, 9.17) is 11.6 Å². The number of nitrogens with one attached hydrogen (secondary N) is 1. The Bertz CT molecular complexity index is 816. The fourth-order valence-electron chi connectivity index (χ4n) is 1.82. The van der Waals surface area contributed by atoms with Crippen LogP contribution in [0.25, 0.3) is 0 Å². The second kappa shape index (κ2) is 6.05.